The number of nitrogens with one attached hydrogen (secondary N) is 1. The van der Waals surface area contributed by atoms with Crippen molar-refractivity contribution in [3.8, 4) is 46.5 Å². The van der Waals surface area contributed by atoms with Crippen LogP contribution in [-0.2, 0) is 9.59 Å². The van der Waals surface area contributed by atoms with Crippen LogP contribution in [0.15, 0.2) is 167 Å². The third kappa shape index (κ3) is 13.8. The second-order valence-electron chi connectivity index (χ2n) is 21.8. The van der Waals surface area contributed by atoms with Gasteiger partial charge in [-0.25, -0.2) is 24.4 Å². The van der Waals surface area contributed by atoms with E-state index in [0.29, 0.717) is 71.2 Å². The van der Waals surface area contributed by atoms with E-state index >= 15 is 0 Å². The topological polar surface area (TPSA) is 267 Å². The summed E-state index contributed by atoms with van der Waals surface area (Å²) in [7, 11) is 0. The minimum absolute atomic E-state index is 0.0949. The van der Waals surface area contributed by atoms with Gasteiger partial charge in [-0.15, -0.1) is 0 Å². The second-order valence-corrected chi connectivity index (χ2v) is 21.8. The molecule has 0 radical (unpaired) electrons. The molecule has 2 atom stereocenters. The van der Waals surface area contributed by atoms with Gasteiger partial charge in [-0.05, 0) is 128 Å². The summed E-state index contributed by atoms with van der Waals surface area (Å²) in [4.78, 5) is 61.3. The lowest BCUT2D eigenvalue weighted by molar-refractivity contribution is -0.132. The average molecular weight is 1090 g/mol. The van der Waals surface area contributed by atoms with Gasteiger partial charge in [-0.1, -0.05) is 90.1 Å². The summed E-state index contributed by atoms with van der Waals surface area (Å²) >= 11 is 0. The third-order valence-electron chi connectivity index (χ3n) is 13.3. The van der Waals surface area contributed by atoms with Crippen molar-refractivity contribution in [2.75, 3.05) is 37.6 Å². The number of likely N-dealkylation sites (tertiary alicyclic amines) is 1. The quantitative estimate of drug-likeness (QED) is 0.0733. The minimum atomic E-state index is -1.16. The number of benzene rings is 4. The van der Waals surface area contributed by atoms with Crippen molar-refractivity contribution in [1.29, 1.82) is 10.5 Å². The molecule has 6 N–H and O–H groups in total. The minimum Gasteiger partial charge on any atom is -0.477 e. The molecule has 4 aromatic carbocycles. The van der Waals surface area contributed by atoms with Gasteiger partial charge in [-0.3, -0.25) is 23.1 Å². The van der Waals surface area contributed by atoms with E-state index in [1.165, 1.54) is 6.08 Å². The Labute approximate surface area is 469 Å². The number of amides is 1. The molecule has 0 bridgehead atoms. The Morgan fingerprint density at radius 3 is 1.47 bits per heavy atom. The number of anilines is 2. The largest absolute Gasteiger partial charge is 0.477 e. The summed E-state index contributed by atoms with van der Waals surface area (Å²) in [5.74, 6) is 1.91. The number of hydrogen-bond donors (Lipinski definition) is 4. The number of carbonyl (C=O) groups is 2. The molecule has 0 aliphatic carbocycles. The summed E-state index contributed by atoms with van der Waals surface area (Å²) < 4.78 is 18.6. The number of nitrogen functional groups attached to an aromatic ring is 2. The van der Waals surface area contributed by atoms with Crippen molar-refractivity contribution in [1.82, 2.24) is 38.5 Å². The van der Waals surface area contributed by atoms with Crippen LogP contribution in [0.1, 0.15) is 79.3 Å². The normalized spacial score (nSPS) is 15.8. The fourth-order valence-corrected chi connectivity index (χ4v) is 9.86. The van der Waals surface area contributed by atoms with Crippen molar-refractivity contribution in [2.24, 2.45) is 10.8 Å². The molecular weight excluding hydrogens is 1020 g/mol. The lowest BCUT2D eigenvalue weighted by Crippen LogP contribution is -2.43. The number of carbonyl (C=O) groups excluding carboxylic acids is 1. The Hall–Kier alpha value is -9.72. The van der Waals surface area contributed by atoms with Crippen molar-refractivity contribution in [3.63, 3.8) is 0 Å². The number of imidazole rings is 2. The first-order valence-corrected chi connectivity index (χ1v) is 26.7. The molecule has 2 fully saturated rings. The number of para-hydroxylation sites is 2. The number of nitriles is 2. The van der Waals surface area contributed by atoms with E-state index in [-0.39, 0.29) is 57.2 Å². The zero-order chi connectivity index (χ0) is 58.0. The molecule has 6 heterocycles. The molecule has 2 aliphatic rings. The molecule has 0 unspecified atom stereocenters. The van der Waals surface area contributed by atoms with Gasteiger partial charge in [-0.2, -0.15) is 10.5 Å². The number of fused-ring (bicyclic) bond motifs is 2. The van der Waals surface area contributed by atoms with E-state index in [9.17, 15) is 24.4 Å². The Bertz CT molecular complexity index is 3810. The monoisotopic (exact) mass is 1090 g/mol. The van der Waals surface area contributed by atoms with Gasteiger partial charge >= 0.3 is 17.3 Å². The van der Waals surface area contributed by atoms with Gasteiger partial charge in [0.05, 0.1) is 34.5 Å². The number of rotatable bonds is 10. The standard InChI is InChI=1S/C31H32N6O3.C23H23N5O2.C8H11NO2/c1-31(2,3)18-21(19-32)29(38)35-17-7-8-23(20-35)36-26-15-16-34-28(33)27(26)37(30(36)39)22-11-13-25(14-12-22)40-24-9-5-4-6-10-24;24-22-21-20(12-14-26-22)27(17-5-4-13-25-15-17)23(29)28(21)16-8-10-19(11-9-16)30-18-6-2-1-3-7-18;1-8(2,3)4-6(5-9)7(10)11/h4-6,9-16,18,23H,7-8,17,20H2,1-3H3,(H2,33,34);1-3,6-12,14,17,25H,4-5,13,15H2,(H2,24,26);4H,1-3H3,(H,10,11)/t23-;17-;/m11./s1. The third-order valence-corrected chi connectivity index (χ3v) is 13.3. The average Bonchev–Trinajstić information content (AvgIpc) is 4.19. The van der Waals surface area contributed by atoms with Gasteiger partial charge in [0.1, 0.15) is 69.0 Å². The molecular formula is C62H66N12O7. The summed E-state index contributed by atoms with van der Waals surface area (Å²) in [6.07, 6.45) is 9.79. The van der Waals surface area contributed by atoms with Gasteiger partial charge in [0, 0.05) is 32.0 Å². The van der Waals surface area contributed by atoms with Crippen LogP contribution in [0.2, 0.25) is 0 Å². The zero-order valence-corrected chi connectivity index (χ0v) is 46.2. The predicted octanol–water partition coefficient (Wildman–Crippen LogP) is 10.3. The molecule has 10 rings (SSSR count). The van der Waals surface area contributed by atoms with Crippen LogP contribution in [0.3, 0.4) is 0 Å². The van der Waals surface area contributed by atoms with Crippen LogP contribution >= 0.6 is 0 Å². The lowest BCUT2D eigenvalue weighted by Gasteiger charge is -2.33. The summed E-state index contributed by atoms with van der Waals surface area (Å²) in [5.41, 5.74) is 15.5. The number of allylic oxidation sites excluding steroid dienone is 2. The van der Waals surface area contributed by atoms with E-state index in [4.69, 9.17) is 31.3 Å². The van der Waals surface area contributed by atoms with Crippen molar-refractivity contribution < 1.29 is 24.2 Å². The van der Waals surface area contributed by atoms with E-state index in [0.717, 1.165) is 42.9 Å². The van der Waals surface area contributed by atoms with Gasteiger partial charge in [0.25, 0.3) is 5.91 Å². The van der Waals surface area contributed by atoms with Crippen LogP contribution in [0.25, 0.3) is 33.4 Å². The summed E-state index contributed by atoms with van der Waals surface area (Å²) in [6, 6.07) is 40.9. The highest BCUT2D eigenvalue weighted by molar-refractivity contribution is 5.97. The first-order chi connectivity index (χ1) is 38.7. The molecule has 416 valence electrons. The molecule has 0 spiro atoms. The second kappa shape index (κ2) is 24.9. The molecule has 4 aromatic heterocycles. The van der Waals surface area contributed by atoms with Crippen LogP contribution in [0.5, 0.6) is 23.0 Å². The molecule has 1 amide bonds. The lowest BCUT2D eigenvalue weighted by atomic mass is 9.93. The summed E-state index contributed by atoms with van der Waals surface area (Å²) in [6.45, 7) is 14.0. The van der Waals surface area contributed by atoms with Crippen LogP contribution in [-0.4, -0.2) is 76.3 Å². The highest BCUT2D eigenvalue weighted by Gasteiger charge is 2.31. The maximum absolute atomic E-state index is 14.0. The summed E-state index contributed by atoms with van der Waals surface area (Å²) in [5, 5.41) is 29.9. The van der Waals surface area contributed by atoms with E-state index in [1.807, 2.05) is 149 Å². The number of nitrogens with two attached hydrogens (primary N) is 2. The van der Waals surface area contributed by atoms with Crippen LogP contribution < -0.4 is 37.6 Å². The fraction of sp³-hybridized carbons (Fsp3) is 0.290. The molecule has 0 saturated carbocycles. The van der Waals surface area contributed by atoms with Crippen molar-refractivity contribution >= 4 is 45.6 Å². The number of ether oxygens (including phenoxy) is 2. The fourth-order valence-electron chi connectivity index (χ4n) is 9.86. The maximum Gasteiger partial charge on any atom is 0.346 e. The number of hydrogen-bond acceptors (Lipinski definition) is 13. The zero-order valence-electron chi connectivity index (χ0n) is 46.2. The molecule has 8 aromatic rings. The van der Waals surface area contributed by atoms with Crippen molar-refractivity contribution in [2.45, 2.75) is 79.3 Å². The Kier molecular flexibility index (Phi) is 17.7. The smallest absolute Gasteiger partial charge is 0.346 e. The number of nitrogens with zero attached hydrogens (tertiary/aromatic N) is 9. The number of aromatic nitrogens is 6. The number of piperidine rings is 2. The number of aliphatic carboxylic acids is 1. The van der Waals surface area contributed by atoms with Gasteiger partial charge in [0.15, 0.2) is 0 Å². The maximum atomic E-state index is 14.0. The molecule has 81 heavy (non-hydrogen) atoms. The highest BCUT2D eigenvalue weighted by Crippen LogP contribution is 2.32. The number of carboxylic acids is 1. The van der Waals surface area contributed by atoms with Crippen molar-refractivity contribution in [3.05, 3.63) is 178 Å². The first kappa shape index (κ1) is 57.5. The number of carboxylic acid groups (broad SMARTS) is 1. The highest BCUT2D eigenvalue weighted by atomic mass is 16.5. The first-order valence-electron chi connectivity index (χ1n) is 26.7. The van der Waals surface area contributed by atoms with Gasteiger partial charge < -0.3 is 36.3 Å². The van der Waals surface area contributed by atoms with E-state index in [2.05, 4.69) is 21.4 Å². The Morgan fingerprint density at radius 2 is 1.06 bits per heavy atom. The van der Waals surface area contributed by atoms with Gasteiger partial charge in [0.2, 0.25) is 0 Å². The number of pyridine rings is 2. The molecule has 2 saturated heterocycles. The van der Waals surface area contributed by atoms with Crippen LogP contribution in [0, 0.1) is 33.5 Å². The Morgan fingerprint density at radius 1 is 0.630 bits per heavy atom. The SMILES string of the molecule is CC(C)(C)C=C(C#N)C(=O)N1CCC[C@@H](n2c(=O)n(-c3ccc(Oc4ccccc4)cc3)c3c(N)nccc32)C1.CC(C)(C)C=C(C#N)C(=O)O.Nc1nccc2c1n(-c1ccc(Oc3ccccc3)cc1)c(=O)n2[C@@H]1CCCNC1. The van der Waals surface area contributed by atoms with Crippen LogP contribution in [0.4, 0.5) is 11.6 Å². The predicted molar refractivity (Wildman–Crippen MR) is 312 cm³/mol. The van der Waals surface area contributed by atoms with E-state index < -0.39 is 5.97 Å². The molecule has 19 heteroatoms. The molecule has 2 aliphatic heterocycles. The van der Waals surface area contributed by atoms with E-state index in [1.54, 1.807) is 61.3 Å². The molecule has 19 nitrogen and oxygen atoms in total. The Balaban J connectivity index is 0.000000184.